The summed E-state index contributed by atoms with van der Waals surface area (Å²) in [5, 5.41) is 4.26. The zero-order valence-corrected chi connectivity index (χ0v) is 17.2. The van der Waals surface area contributed by atoms with E-state index >= 15 is 0 Å². The van der Waals surface area contributed by atoms with Crippen molar-refractivity contribution < 1.29 is 12.8 Å². The lowest BCUT2D eigenvalue weighted by atomic mass is 10.1. The van der Waals surface area contributed by atoms with Crippen LogP contribution in [0, 0.1) is 6.92 Å². The number of rotatable bonds is 5. The van der Waals surface area contributed by atoms with E-state index in [1.807, 2.05) is 25.1 Å². The summed E-state index contributed by atoms with van der Waals surface area (Å²) in [5.41, 5.74) is 3.68. The molecule has 0 aliphatic heterocycles. The van der Waals surface area contributed by atoms with Gasteiger partial charge in [-0.1, -0.05) is 12.1 Å². The Balaban J connectivity index is 1.72. The highest BCUT2D eigenvalue weighted by Crippen LogP contribution is 2.25. The van der Waals surface area contributed by atoms with Crippen LogP contribution < -0.4 is 15.7 Å². The first-order chi connectivity index (χ1) is 13.1. The van der Waals surface area contributed by atoms with Crippen LogP contribution in [-0.4, -0.2) is 13.2 Å². The second-order valence-electron chi connectivity index (χ2n) is 7.67. The SMILES string of the molecule is Cc1c(NCc2ccc(NS(=O)(=O)C(C)(C)C)cc2)ccc2oc(=O)ccc12. The molecule has 0 aliphatic carbocycles. The van der Waals surface area contributed by atoms with E-state index in [9.17, 15) is 13.2 Å². The molecular formula is C21H24N2O4S. The van der Waals surface area contributed by atoms with Gasteiger partial charge >= 0.3 is 5.63 Å². The molecule has 148 valence electrons. The van der Waals surface area contributed by atoms with Gasteiger partial charge in [0, 0.05) is 29.4 Å². The molecular weight excluding hydrogens is 376 g/mol. The summed E-state index contributed by atoms with van der Waals surface area (Å²) in [4.78, 5) is 11.3. The van der Waals surface area contributed by atoms with Crippen molar-refractivity contribution in [2.45, 2.75) is 39.0 Å². The minimum Gasteiger partial charge on any atom is -0.423 e. The van der Waals surface area contributed by atoms with Crippen LogP contribution in [0.15, 0.2) is 57.7 Å². The van der Waals surface area contributed by atoms with E-state index in [1.165, 1.54) is 6.07 Å². The second kappa shape index (κ2) is 7.31. The lowest BCUT2D eigenvalue weighted by Crippen LogP contribution is -2.33. The molecule has 0 fully saturated rings. The number of sulfonamides is 1. The molecule has 0 atom stereocenters. The normalized spacial score (nSPS) is 12.1. The molecule has 0 saturated carbocycles. The smallest absolute Gasteiger partial charge is 0.336 e. The third-order valence-corrected chi connectivity index (χ3v) is 6.68. The van der Waals surface area contributed by atoms with E-state index in [1.54, 1.807) is 45.0 Å². The van der Waals surface area contributed by atoms with Crippen LogP contribution in [0.3, 0.4) is 0 Å². The van der Waals surface area contributed by atoms with E-state index in [0.29, 0.717) is 17.8 Å². The first kappa shape index (κ1) is 19.9. The van der Waals surface area contributed by atoms with Gasteiger partial charge in [0.1, 0.15) is 5.58 Å². The molecule has 6 nitrogen and oxygen atoms in total. The Bertz CT molecular complexity index is 1160. The molecule has 0 spiro atoms. The van der Waals surface area contributed by atoms with Crippen molar-refractivity contribution in [3.05, 3.63) is 70.1 Å². The van der Waals surface area contributed by atoms with Crippen molar-refractivity contribution in [2.75, 3.05) is 10.0 Å². The minimum atomic E-state index is -3.45. The van der Waals surface area contributed by atoms with Crippen molar-refractivity contribution in [3.8, 4) is 0 Å². The van der Waals surface area contributed by atoms with Gasteiger partial charge in [0.05, 0.1) is 4.75 Å². The summed E-state index contributed by atoms with van der Waals surface area (Å²) in [7, 11) is -3.45. The fourth-order valence-electron chi connectivity index (χ4n) is 2.68. The van der Waals surface area contributed by atoms with Crippen molar-refractivity contribution >= 4 is 32.4 Å². The fourth-order valence-corrected chi connectivity index (χ4v) is 3.43. The molecule has 0 radical (unpaired) electrons. The molecule has 0 saturated heterocycles. The summed E-state index contributed by atoms with van der Waals surface area (Å²) in [5.74, 6) is 0. The third-order valence-electron chi connectivity index (χ3n) is 4.57. The lowest BCUT2D eigenvalue weighted by molar-refractivity contribution is 0.561. The molecule has 7 heteroatoms. The van der Waals surface area contributed by atoms with Gasteiger partial charge in [-0.15, -0.1) is 0 Å². The maximum atomic E-state index is 12.2. The maximum Gasteiger partial charge on any atom is 0.336 e. The molecule has 3 aromatic rings. The number of aryl methyl sites for hydroxylation is 1. The highest BCUT2D eigenvalue weighted by molar-refractivity contribution is 7.94. The number of hydrogen-bond donors (Lipinski definition) is 2. The van der Waals surface area contributed by atoms with E-state index in [0.717, 1.165) is 22.2 Å². The first-order valence-electron chi connectivity index (χ1n) is 8.95. The summed E-state index contributed by atoms with van der Waals surface area (Å²) < 4.78 is 31.4. The number of fused-ring (bicyclic) bond motifs is 1. The van der Waals surface area contributed by atoms with Crippen LogP contribution in [0.4, 0.5) is 11.4 Å². The molecule has 1 heterocycles. The predicted octanol–water partition coefficient (Wildman–Crippen LogP) is 4.25. The number of nitrogens with one attached hydrogen (secondary N) is 2. The van der Waals surface area contributed by atoms with Crippen LogP contribution in [0.25, 0.3) is 11.0 Å². The Morgan fingerprint density at radius 3 is 2.29 bits per heavy atom. The monoisotopic (exact) mass is 400 g/mol. The van der Waals surface area contributed by atoms with Crippen LogP contribution in [0.5, 0.6) is 0 Å². The maximum absolute atomic E-state index is 12.2. The Morgan fingerprint density at radius 1 is 0.964 bits per heavy atom. The number of hydrogen-bond acceptors (Lipinski definition) is 5. The van der Waals surface area contributed by atoms with E-state index in [2.05, 4.69) is 10.0 Å². The van der Waals surface area contributed by atoms with E-state index < -0.39 is 14.8 Å². The minimum absolute atomic E-state index is 0.366. The number of anilines is 2. The number of benzene rings is 2. The molecule has 0 bridgehead atoms. The lowest BCUT2D eigenvalue weighted by Gasteiger charge is -2.20. The zero-order chi connectivity index (χ0) is 20.5. The largest absolute Gasteiger partial charge is 0.423 e. The summed E-state index contributed by atoms with van der Waals surface area (Å²) >= 11 is 0. The van der Waals surface area contributed by atoms with Gasteiger partial charge in [-0.25, -0.2) is 13.2 Å². The second-order valence-corrected chi connectivity index (χ2v) is 10.1. The van der Waals surface area contributed by atoms with Crippen LogP contribution in [-0.2, 0) is 16.6 Å². The van der Waals surface area contributed by atoms with E-state index in [-0.39, 0.29) is 5.63 Å². The Labute approximate surface area is 164 Å². The molecule has 2 aromatic carbocycles. The molecule has 1 aromatic heterocycles. The van der Waals surface area contributed by atoms with Gasteiger partial charge < -0.3 is 9.73 Å². The highest BCUT2D eigenvalue weighted by Gasteiger charge is 2.28. The summed E-state index contributed by atoms with van der Waals surface area (Å²) in [6, 6.07) is 14.1. The fraction of sp³-hybridized carbons (Fsp3) is 0.286. The van der Waals surface area contributed by atoms with Crippen LogP contribution in [0.1, 0.15) is 31.9 Å². The van der Waals surface area contributed by atoms with Gasteiger partial charge in [-0.2, -0.15) is 0 Å². The van der Waals surface area contributed by atoms with Crippen molar-refractivity contribution in [1.82, 2.24) is 0 Å². The van der Waals surface area contributed by atoms with Crippen molar-refractivity contribution in [3.63, 3.8) is 0 Å². The van der Waals surface area contributed by atoms with Gasteiger partial charge in [-0.3, -0.25) is 4.72 Å². The molecule has 0 aliphatic rings. The van der Waals surface area contributed by atoms with Crippen molar-refractivity contribution in [2.24, 2.45) is 0 Å². The Hall–Kier alpha value is -2.80. The molecule has 2 N–H and O–H groups in total. The van der Waals surface area contributed by atoms with Gasteiger partial charge in [0.25, 0.3) is 0 Å². The average molecular weight is 401 g/mol. The highest BCUT2D eigenvalue weighted by atomic mass is 32.2. The Morgan fingerprint density at radius 2 is 1.64 bits per heavy atom. The summed E-state index contributed by atoms with van der Waals surface area (Å²) in [6.45, 7) is 7.52. The van der Waals surface area contributed by atoms with Crippen LogP contribution in [0.2, 0.25) is 0 Å². The quantitative estimate of drug-likeness (QED) is 0.625. The van der Waals surface area contributed by atoms with Crippen LogP contribution >= 0.6 is 0 Å². The molecule has 0 amide bonds. The van der Waals surface area contributed by atoms with Gasteiger partial charge in [0.2, 0.25) is 10.0 Å². The molecule has 28 heavy (non-hydrogen) atoms. The zero-order valence-electron chi connectivity index (χ0n) is 16.4. The third kappa shape index (κ3) is 4.20. The average Bonchev–Trinajstić information content (AvgIpc) is 2.61. The Kier molecular flexibility index (Phi) is 5.21. The first-order valence-corrected chi connectivity index (χ1v) is 10.4. The van der Waals surface area contributed by atoms with Gasteiger partial charge in [0.15, 0.2) is 0 Å². The predicted molar refractivity (Wildman–Crippen MR) is 113 cm³/mol. The molecule has 3 rings (SSSR count). The topological polar surface area (TPSA) is 88.4 Å². The van der Waals surface area contributed by atoms with Gasteiger partial charge in [-0.05, 0) is 69.2 Å². The standard InChI is InChI=1S/C21H24N2O4S/c1-14-17-9-12-20(24)27-19(17)11-10-18(14)22-13-15-5-7-16(8-6-15)23-28(25,26)21(2,3)4/h5-12,22-23H,13H2,1-4H3. The van der Waals surface area contributed by atoms with Crippen molar-refractivity contribution in [1.29, 1.82) is 0 Å². The van der Waals surface area contributed by atoms with E-state index in [4.69, 9.17) is 4.42 Å². The molecule has 0 unspecified atom stereocenters. The summed E-state index contributed by atoms with van der Waals surface area (Å²) in [6.07, 6.45) is 0.